The number of nitrogens with zero attached hydrogens (tertiary/aromatic N) is 1. The van der Waals surface area contributed by atoms with Gasteiger partial charge in [-0.15, -0.1) is 0 Å². The van der Waals surface area contributed by atoms with E-state index in [0.717, 1.165) is 36.1 Å². The number of aryl methyl sites for hydroxylation is 2. The summed E-state index contributed by atoms with van der Waals surface area (Å²) in [5.41, 5.74) is 3.55. The summed E-state index contributed by atoms with van der Waals surface area (Å²) < 4.78 is 0. The van der Waals surface area contributed by atoms with Crippen LogP contribution in [0, 0.1) is 19.8 Å². The van der Waals surface area contributed by atoms with Gasteiger partial charge < -0.3 is 15.3 Å². The fourth-order valence-corrected chi connectivity index (χ4v) is 3.11. The molecule has 0 aliphatic heterocycles. The highest BCUT2D eigenvalue weighted by Gasteiger charge is 2.31. The van der Waals surface area contributed by atoms with Gasteiger partial charge in [-0.3, -0.25) is 9.59 Å². The molecular weight excluding hydrogens is 356 g/mol. The number of aromatic carboxylic acids is 1. The molecule has 0 aromatic heterocycles. The maximum Gasteiger partial charge on any atom is 0.335 e. The number of anilines is 2. The van der Waals surface area contributed by atoms with Crippen molar-refractivity contribution >= 4 is 29.2 Å². The molecule has 0 unspecified atom stereocenters. The zero-order valence-corrected chi connectivity index (χ0v) is 16.1. The molecule has 2 amide bonds. The summed E-state index contributed by atoms with van der Waals surface area (Å²) in [6.45, 7) is 3.90. The van der Waals surface area contributed by atoms with E-state index >= 15 is 0 Å². The molecule has 0 saturated heterocycles. The number of hydrogen-bond donors (Lipinski definition) is 2. The van der Waals surface area contributed by atoms with Gasteiger partial charge in [0.15, 0.2) is 0 Å². The van der Waals surface area contributed by atoms with Gasteiger partial charge in [-0.05, 0) is 74.2 Å². The predicted molar refractivity (Wildman–Crippen MR) is 108 cm³/mol. The molecule has 6 nitrogen and oxygen atoms in total. The SMILES string of the molecule is Cc1ccc(N(CC(=O)Nc2ccc(C(=O)O)cc2)C(=O)C2CCC2)cc1C. The Hall–Kier alpha value is -3.15. The highest BCUT2D eigenvalue weighted by atomic mass is 16.4. The van der Waals surface area contributed by atoms with Gasteiger partial charge in [-0.2, -0.15) is 0 Å². The molecule has 1 fully saturated rings. The zero-order valence-electron chi connectivity index (χ0n) is 16.1. The Morgan fingerprint density at radius 2 is 1.71 bits per heavy atom. The van der Waals surface area contributed by atoms with Crippen LogP contribution in [0.1, 0.15) is 40.7 Å². The van der Waals surface area contributed by atoms with Gasteiger partial charge in [0.25, 0.3) is 0 Å². The number of hydrogen-bond acceptors (Lipinski definition) is 3. The molecular formula is C22H24N2O4. The molecule has 2 aromatic carbocycles. The molecule has 1 aliphatic rings. The van der Waals surface area contributed by atoms with Gasteiger partial charge in [0.05, 0.1) is 5.56 Å². The third kappa shape index (κ3) is 4.39. The Morgan fingerprint density at radius 1 is 1.04 bits per heavy atom. The Kier molecular flexibility index (Phi) is 5.78. The Balaban J connectivity index is 1.76. The largest absolute Gasteiger partial charge is 0.478 e. The maximum absolute atomic E-state index is 12.9. The number of carbonyl (C=O) groups excluding carboxylic acids is 2. The van der Waals surface area contributed by atoms with Crippen LogP contribution in [-0.4, -0.2) is 29.4 Å². The summed E-state index contributed by atoms with van der Waals surface area (Å²) in [7, 11) is 0. The van der Waals surface area contributed by atoms with E-state index in [0.29, 0.717) is 5.69 Å². The van der Waals surface area contributed by atoms with Crippen LogP contribution in [0.3, 0.4) is 0 Å². The molecule has 1 aliphatic carbocycles. The molecule has 2 N–H and O–H groups in total. The number of amides is 2. The average Bonchev–Trinajstić information content (AvgIpc) is 2.61. The number of carboxylic acids is 1. The van der Waals surface area contributed by atoms with Crippen molar-refractivity contribution in [2.24, 2.45) is 5.92 Å². The van der Waals surface area contributed by atoms with Crippen molar-refractivity contribution in [2.75, 3.05) is 16.8 Å². The van der Waals surface area contributed by atoms with Crippen LogP contribution in [0.2, 0.25) is 0 Å². The van der Waals surface area contributed by atoms with Crippen molar-refractivity contribution in [3.05, 3.63) is 59.2 Å². The predicted octanol–water partition coefficient (Wildman–Crippen LogP) is 3.77. The van der Waals surface area contributed by atoms with Crippen molar-refractivity contribution in [3.63, 3.8) is 0 Å². The lowest BCUT2D eigenvalue weighted by Crippen LogP contribution is -2.43. The first-order valence-electron chi connectivity index (χ1n) is 9.37. The van der Waals surface area contributed by atoms with Crippen LogP contribution >= 0.6 is 0 Å². The number of nitrogens with one attached hydrogen (secondary N) is 1. The minimum atomic E-state index is -1.02. The molecule has 3 rings (SSSR count). The van der Waals surface area contributed by atoms with E-state index in [-0.39, 0.29) is 29.8 Å². The van der Waals surface area contributed by atoms with Crippen LogP contribution in [0.25, 0.3) is 0 Å². The van der Waals surface area contributed by atoms with Crippen LogP contribution in [0.15, 0.2) is 42.5 Å². The Bertz CT molecular complexity index is 901. The second-order valence-corrected chi connectivity index (χ2v) is 7.25. The van der Waals surface area contributed by atoms with Crippen molar-refractivity contribution in [2.45, 2.75) is 33.1 Å². The van der Waals surface area contributed by atoms with Crippen LogP contribution in [0.4, 0.5) is 11.4 Å². The summed E-state index contributed by atoms with van der Waals surface area (Å²) >= 11 is 0. The van der Waals surface area contributed by atoms with Gasteiger partial charge in [-0.1, -0.05) is 12.5 Å². The van der Waals surface area contributed by atoms with E-state index < -0.39 is 5.97 Å². The normalized spacial score (nSPS) is 13.5. The number of rotatable bonds is 6. The van der Waals surface area contributed by atoms with E-state index in [4.69, 9.17) is 5.11 Å². The van der Waals surface area contributed by atoms with E-state index in [1.54, 1.807) is 4.90 Å². The van der Waals surface area contributed by atoms with Crippen LogP contribution in [-0.2, 0) is 9.59 Å². The topological polar surface area (TPSA) is 86.7 Å². The summed E-state index contributed by atoms with van der Waals surface area (Å²) in [4.78, 5) is 38.0. The fraction of sp³-hybridized carbons (Fsp3) is 0.318. The van der Waals surface area contributed by atoms with Gasteiger partial charge >= 0.3 is 5.97 Å². The summed E-state index contributed by atoms with van der Waals surface area (Å²) in [5.74, 6) is -1.39. The highest BCUT2D eigenvalue weighted by molar-refractivity contribution is 6.03. The van der Waals surface area contributed by atoms with Gasteiger partial charge in [0, 0.05) is 17.3 Å². The van der Waals surface area contributed by atoms with E-state index in [9.17, 15) is 14.4 Å². The maximum atomic E-state index is 12.9. The molecule has 28 heavy (non-hydrogen) atoms. The lowest BCUT2D eigenvalue weighted by atomic mass is 9.84. The standard InChI is InChI=1S/C22H24N2O4/c1-14-6-11-19(12-15(14)2)24(21(26)16-4-3-5-16)13-20(25)23-18-9-7-17(8-10-18)22(27)28/h6-12,16H,3-5,13H2,1-2H3,(H,23,25)(H,27,28). The molecule has 0 spiro atoms. The van der Waals surface area contributed by atoms with Gasteiger partial charge in [-0.25, -0.2) is 4.79 Å². The number of carboxylic acid groups (broad SMARTS) is 1. The summed E-state index contributed by atoms with van der Waals surface area (Å²) in [6.07, 6.45) is 2.76. The lowest BCUT2D eigenvalue weighted by Gasteiger charge is -2.31. The van der Waals surface area contributed by atoms with Crippen molar-refractivity contribution in [3.8, 4) is 0 Å². The minimum Gasteiger partial charge on any atom is -0.478 e. The summed E-state index contributed by atoms with van der Waals surface area (Å²) in [6, 6.07) is 11.7. The van der Waals surface area contributed by atoms with Crippen molar-refractivity contribution < 1.29 is 19.5 Å². The first-order valence-corrected chi connectivity index (χ1v) is 9.37. The molecule has 0 heterocycles. The van der Waals surface area contributed by atoms with E-state index in [2.05, 4.69) is 5.32 Å². The summed E-state index contributed by atoms with van der Waals surface area (Å²) in [5, 5.41) is 11.7. The monoisotopic (exact) mass is 380 g/mol. The van der Waals surface area contributed by atoms with Gasteiger partial charge in [0.2, 0.25) is 11.8 Å². The number of carbonyl (C=O) groups is 3. The molecule has 0 atom stereocenters. The molecule has 0 radical (unpaired) electrons. The Morgan fingerprint density at radius 3 is 2.25 bits per heavy atom. The third-order valence-electron chi connectivity index (χ3n) is 5.24. The van der Waals surface area contributed by atoms with E-state index in [1.165, 1.54) is 24.3 Å². The smallest absolute Gasteiger partial charge is 0.335 e. The highest BCUT2D eigenvalue weighted by Crippen LogP contribution is 2.30. The van der Waals surface area contributed by atoms with Crippen LogP contribution in [0.5, 0.6) is 0 Å². The second-order valence-electron chi connectivity index (χ2n) is 7.25. The van der Waals surface area contributed by atoms with Crippen molar-refractivity contribution in [1.82, 2.24) is 0 Å². The molecule has 6 heteroatoms. The van der Waals surface area contributed by atoms with Crippen molar-refractivity contribution in [1.29, 1.82) is 0 Å². The molecule has 2 aromatic rings. The average molecular weight is 380 g/mol. The zero-order chi connectivity index (χ0) is 20.3. The third-order valence-corrected chi connectivity index (χ3v) is 5.24. The second kappa shape index (κ2) is 8.25. The lowest BCUT2D eigenvalue weighted by molar-refractivity contribution is -0.126. The molecule has 0 bridgehead atoms. The van der Waals surface area contributed by atoms with E-state index in [1.807, 2.05) is 32.0 Å². The first-order chi connectivity index (χ1) is 13.3. The number of benzene rings is 2. The Labute approximate surface area is 164 Å². The van der Waals surface area contributed by atoms with Gasteiger partial charge in [0.1, 0.15) is 6.54 Å². The van der Waals surface area contributed by atoms with Crippen LogP contribution < -0.4 is 10.2 Å². The molecule has 1 saturated carbocycles. The minimum absolute atomic E-state index is 0.0223. The molecule has 146 valence electrons. The first kappa shape index (κ1) is 19.6. The fourth-order valence-electron chi connectivity index (χ4n) is 3.11. The quantitative estimate of drug-likeness (QED) is 0.799.